The van der Waals surface area contributed by atoms with Crippen LogP contribution in [0.1, 0.15) is 12.8 Å². The normalized spacial score (nSPS) is 10.9. The summed E-state index contributed by atoms with van der Waals surface area (Å²) in [4.78, 5) is 1.75. The summed E-state index contributed by atoms with van der Waals surface area (Å²) < 4.78 is 0. The van der Waals surface area contributed by atoms with Crippen molar-refractivity contribution in [1.29, 1.82) is 0 Å². The number of benzene rings is 1. The number of aryl methyl sites for hydroxylation is 1. The van der Waals surface area contributed by atoms with Crippen LogP contribution in [0.3, 0.4) is 0 Å². The summed E-state index contributed by atoms with van der Waals surface area (Å²) in [5, 5.41) is 8.70. The molecule has 1 aromatic heterocycles. The minimum Gasteiger partial charge on any atom is -0.330 e. The van der Waals surface area contributed by atoms with E-state index in [1.54, 1.807) is 4.80 Å². The van der Waals surface area contributed by atoms with Gasteiger partial charge in [0.05, 0.1) is 6.54 Å². The zero-order valence-corrected chi connectivity index (χ0v) is 8.06. The third-order valence-electron chi connectivity index (χ3n) is 2.14. The molecule has 14 heavy (non-hydrogen) atoms. The van der Waals surface area contributed by atoms with E-state index in [4.69, 9.17) is 5.73 Å². The van der Waals surface area contributed by atoms with E-state index in [-0.39, 0.29) is 0 Å². The van der Waals surface area contributed by atoms with Crippen LogP contribution in [0.2, 0.25) is 0 Å². The van der Waals surface area contributed by atoms with Crippen LogP contribution >= 0.6 is 0 Å². The van der Waals surface area contributed by atoms with Gasteiger partial charge in [0.25, 0.3) is 0 Å². The average Bonchev–Trinajstić information content (AvgIpc) is 2.60. The number of aromatic nitrogens is 3. The van der Waals surface area contributed by atoms with Gasteiger partial charge in [-0.3, -0.25) is 0 Å². The van der Waals surface area contributed by atoms with Gasteiger partial charge in [-0.2, -0.15) is 15.0 Å². The van der Waals surface area contributed by atoms with Gasteiger partial charge in [0, 0.05) is 0 Å². The van der Waals surface area contributed by atoms with E-state index in [0.29, 0.717) is 0 Å². The van der Waals surface area contributed by atoms with Crippen molar-refractivity contribution in [3.05, 3.63) is 24.3 Å². The zero-order valence-electron chi connectivity index (χ0n) is 8.06. The highest BCUT2D eigenvalue weighted by Crippen LogP contribution is 2.07. The molecule has 4 heteroatoms. The van der Waals surface area contributed by atoms with E-state index in [0.717, 1.165) is 37.0 Å². The lowest BCUT2D eigenvalue weighted by Crippen LogP contribution is -2.05. The standard InChI is InChI=1S/C10H14N4/c11-7-3-4-8-14-12-9-5-1-2-6-10(9)13-14/h1-2,5-6H,3-4,7-8,11H2. The number of hydrogen-bond acceptors (Lipinski definition) is 3. The third kappa shape index (κ3) is 1.90. The summed E-state index contributed by atoms with van der Waals surface area (Å²) in [7, 11) is 0. The van der Waals surface area contributed by atoms with Crippen molar-refractivity contribution in [2.45, 2.75) is 19.4 Å². The van der Waals surface area contributed by atoms with Crippen LogP contribution in [0, 0.1) is 0 Å². The monoisotopic (exact) mass is 190 g/mol. The number of unbranched alkanes of at least 4 members (excludes halogenated alkanes) is 1. The molecule has 2 rings (SSSR count). The fourth-order valence-corrected chi connectivity index (χ4v) is 1.40. The highest BCUT2D eigenvalue weighted by Gasteiger charge is 1.99. The fourth-order valence-electron chi connectivity index (χ4n) is 1.40. The SMILES string of the molecule is NCCCCn1nc2ccccc2n1. The van der Waals surface area contributed by atoms with Gasteiger partial charge >= 0.3 is 0 Å². The smallest absolute Gasteiger partial charge is 0.113 e. The minimum absolute atomic E-state index is 0.737. The summed E-state index contributed by atoms with van der Waals surface area (Å²) in [5.74, 6) is 0. The molecule has 4 nitrogen and oxygen atoms in total. The van der Waals surface area contributed by atoms with Crippen molar-refractivity contribution in [3.8, 4) is 0 Å². The second-order valence-electron chi connectivity index (χ2n) is 3.28. The van der Waals surface area contributed by atoms with Gasteiger partial charge in [-0.1, -0.05) is 12.1 Å². The van der Waals surface area contributed by atoms with Crippen molar-refractivity contribution in [2.75, 3.05) is 6.54 Å². The molecule has 0 spiro atoms. The molecule has 0 aliphatic rings. The van der Waals surface area contributed by atoms with Gasteiger partial charge in [-0.25, -0.2) is 0 Å². The maximum absolute atomic E-state index is 5.42. The molecule has 0 radical (unpaired) electrons. The van der Waals surface area contributed by atoms with Crippen LogP contribution in [0.5, 0.6) is 0 Å². The summed E-state index contributed by atoms with van der Waals surface area (Å²) in [5.41, 5.74) is 7.33. The second kappa shape index (κ2) is 4.19. The topological polar surface area (TPSA) is 56.7 Å². The number of rotatable bonds is 4. The van der Waals surface area contributed by atoms with E-state index >= 15 is 0 Å². The Bertz CT molecular complexity index is 374. The molecule has 0 atom stereocenters. The molecule has 74 valence electrons. The first-order valence-corrected chi connectivity index (χ1v) is 4.90. The van der Waals surface area contributed by atoms with Crippen LogP contribution in [-0.4, -0.2) is 21.5 Å². The molecule has 0 saturated carbocycles. The molecule has 0 unspecified atom stereocenters. The van der Waals surface area contributed by atoms with Gasteiger partial charge in [0.15, 0.2) is 0 Å². The lowest BCUT2D eigenvalue weighted by atomic mass is 10.3. The summed E-state index contributed by atoms with van der Waals surface area (Å²) >= 11 is 0. The predicted molar refractivity (Wildman–Crippen MR) is 55.8 cm³/mol. The maximum atomic E-state index is 5.42. The van der Waals surface area contributed by atoms with Crippen LogP contribution in [-0.2, 0) is 6.54 Å². The Balaban J connectivity index is 2.11. The maximum Gasteiger partial charge on any atom is 0.113 e. The van der Waals surface area contributed by atoms with Gasteiger partial charge in [-0.05, 0) is 31.5 Å². The molecule has 0 fully saturated rings. The summed E-state index contributed by atoms with van der Waals surface area (Å²) in [6, 6.07) is 7.89. The summed E-state index contributed by atoms with van der Waals surface area (Å²) in [6.45, 7) is 1.59. The molecule has 1 aromatic carbocycles. The molecule has 2 N–H and O–H groups in total. The number of nitrogens with zero attached hydrogens (tertiary/aromatic N) is 3. The third-order valence-corrected chi connectivity index (χ3v) is 2.14. The van der Waals surface area contributed by atoms with Crippen LogP contribution in [0.4, 0.5) is 0 Å². The van der Waals surface area contributed by atoms with Crippen LogP contribution in [0.25, 0.3) is 11.0 Å². The van der Waals surface area contributed by atoms with E-state index in [1.165, 1.54) is 0 Å². The number of hydrogen-bond donors (Lipinski definition) is 1. The lowest BCUT2D eigenvalue weighted by Gasteiger charge is -1.96. The Morgan fingerprint density at radius 3 is 2.29 bits per heavy atom. The van der Waals surface area contributed by atoms with Crippen molar-refractivity contribution >= 4 is 11.0 Å². The molecular formula is C10H14N4. The highest BCUT2D eigenvalue weighted by molar-refractivity contribution is 5.72. The predicted octanol–water partition coefficient (Wildman–Crippen LogP) is 1.17. The first-order chi connectivity index (χ1) is 6.90. The molecular weight excluding hydrogens is 176 g/mol. The van der Waals surface area contributed by atoms with E-state index in [2.05, 4.69) is 10.2 Å². The largest absolute Gasteiger partial charge is 0.330 e. The van der Waals surface area contributed by atoms with Gasteiger partial charge < -0.3 is 5.73 Å². The Hall–Kier alpha value is -1.42. The van der Waals surface area contributed by atoms with Crippen molar-refractivity contribution in [3.63, 3.8) is 0 Å². The first-order valence-electron chi connectivity index (χ1n) is 4.90. The molecule has 0 saturated heterocycles. The van der Waals surface area contributed by atoms with Crippen LogP contribution < -0.4 is 5.73 Å². The number of nitrogens with two attached hydrogens (primary N) is 1. The Kier molecular flexibility index (Phi) is 2.74. The molecule has 0 amide bonds. The van der Waals surface area contributed by atoms with Crippen LogP contribution in [0.15, 0.2) is 24.3 Å². The van der Waals surface area contributed by atoms with E-state index in [1.807, 2.05) is 24.3 Å². The van der Waals surface area contributed by atoms with E-state index in [9.17, 15) is 0 Å². The molecule has 0 aliphatic carbocycles. The minimum atomic E-state index is 0.737. The fraction of sp³-hybridized carbons (Fsp3) is 0.400. The van der Waals surface area contributed by atoms with Gasteiger partial charge in [0.2, 0.25) is 0 Å². The molecule has 0 aliphatic heterocycles. The average molecular weight is 190 g/mol. The van der Waals surface area contributed by atoms with E-state index < -0.39 is 0 Å². The lowest BCUT2D eigenvalue weighted by molar-refractivity contribution is 0.508. The van der Waals surface area contributed by atoms with Crippen molar-refractivity contribution in [2.24, 2.45) is 5.73 Å². The van der Waals surface area contributed by atoms with Gasteiger partial charge in [-0.15, -0.1) is 0 Å². The highest BCUT2D eigenvalue weighted by atomic mass is 15.5. The molecule has 1 heterocycles. The van der Waals surface area contributed by atoms with Crippen molar-refractivity contribution in [1.82, 2.24) is 15.0 Å². The quantitative estimate of drug-likeness (QED) is 0.736. The summed E-state index contributed by atoms with van der Waals surface area (Å²) in [6.07, 6.45) is 2.06. The first kappa shape index (κ1) is 9.15. The molecule has 2 aromatic rings. The number of fused-ring (bicyclic) bond motifs is 1. The second-order valence-corrected chi connectivity index (χ2v) is 3.28. The molecule has 0 bridgehead atoms. The van der Waals surface area contributed by atoms with Crippen molar-refractivity contribution < 1.29 is 0 Å². The van der Waals surface area contributed by atoms with Gasteiger partial charge in [0.1, 0.15) is 11.0 Å². The zero-order chi connectivity index (χ0) is 9.80. The Labute approximate surface area is 82.7 Å². The Morgan fingerprint density at radius 2 is 1.71 bits per heavy atom. The Morgan fingerprint density at radius 1 is 1.07 bits per heavy atom.